The number of amides is 1. The highest BCUT2D eigenvalue weighted by Crippen LogP contribution is 2.26. The molecule has 2 aromatic carbocycles. The summed E-state index contributed by atoms with van der Waals surface area (Å²) < 4.78 is 30.1. The van der Waals surface area contributed by atoms with Crippen LogP contribution in [0.4, 0.5) is 14.5 Å². The molecule has 0 saturated carbocycles. The molecule has 1 N–H and O–H groups in total. The number of carbonyl (C=O) groups is 1. The van der Waals surface area contributed by atoms with Crippen LogP contribution in [0.3, 0.4) is 0 Å². The number of hydrogen-bond donors (Lipinski definition) is 1. The third-order valence-electron chi connectivity index (χ3n) is 3.05. The van der Waals surface area contributed by atoms with E-state index in [9.17, 15) is 13.6 Å². The molecule has 2 aromatic rings. The van der Waals surface area contributed by atoms with Gasteiger partial charge >= 0.3 is 0 Å². The van der Waals surface area contributed by atoms with Crippen molar-refractivity contribution in [2.45, 2.75) is 30.6 Å². The molecule has 1 amide bonds. The Bertz CT molecular complexity index is 645. The van der Waals surface area contributed by atoms with Gasteiger partial charge < -0.3 is 10.1 Å². The predicted octanol–water partition coefficient (Wildman–Crippen LogP) is 4.72. The second kappa shape index (κ2) is 7.97. The van der Waals surface area contributed by atoms with E-state index in [0.717, 1.165) is 5.56 Å². The van der Waals surface area contributed by atoms with E-state index in [0.29, 0.717) is 28.1 Å². The summed E-state index contributed by atoms with van der Waals surface area (Å²) in [5, 5.41) is 2.69. The minimum atomic E-state index is -2.46. The molecule has 0 spiro atoms. The maximum Gasteiger partial charge on any atom is 0.288 e. The lowest BCUT2D eigenvalue weighted by Gasteiger charge is -2.15. The van der Waals surface area contributed by atoms with Crippen LogP contribution in [0.2, 0.25) is 0 Å². The number of nitrogens with one attached hydrogen (secondary N) is 1. The number of halogens is 2. The van der Waals surface area contributed by atoms with Gasteiger partial charge in [-0.2, -0.15) is 8.78 Å². The molecule has 23 heavy (non-hydrogen) atoms. The van der Waals surface area contributed by atoms with Crippen LogP contribution in [0.25, 0.3) is 0 Å². The summed E-state index contributed by atoms with van der Waals surface area (Å²) in [6, 6.07) is 13.7. The quantitative estimate of drug-likeness (QED) is 0.776. The molecule has 0 fully saturated rings. The summed E-state index contributed by atoms with van der Waals surface area (Å²) in [7, 11) is 0. The van der Waals surface area contributed by atoms with E-state index in [2.05, 4.69) is 5.32 Å². The molecule has 0 heterocycles. The van der Waals surface area contributed by atoms with Crippen molar-refractivity contribution in [2.24, 2.45) is 0 Å². The van der Waals surface area contributed by atoms with Gasteiger partial charge in [-0.3, -0.25) is 4.79 Å². The first-order valence-electron chi connectivity index (χ1n) is 7.03. The fraction of sp³-hybridized carbons (Fsp3) is 0.235. The molecule has 122 valence electrons. The number of rotatable bonds is 6. The lowest BCUT2D eigenvalue weighted by molar-refractivity contribution is -0.122. The van der Waals surface area contributed by atoms with Crippen molar-refractivity contribution >= 4 is 23.4 Å². The molecule has 0 bridgehead atoms. The van der Waals surface area contributed by atoms with Gasteiger partial charge in [0.15, 0.2) is 6.10 Å². The number of aryl methyl sites for hydroxylation is 1. The number of hydrogen-bond acceptors (Lipinski definition) is 3. The number of anilines is 1. The van der Waals surface area contributed by atoms with E-state index >= 15 is 0 Å². The van der Waals surface area contributed by atoms with Crippen LogP contribution in [0, 0.1) is 6.92 Å². The highest BCUT2D eigenvalue weighted by Gasteiger charge is 2.15. The van der Waals surface area contributed by atoms with Gasteiger partial charge in [0, 0.05) is 10.6 Å². The SMILES string of the molecule is Cc1ccc(OC(C)C(=O)Nc2ccc(SC(F)F)cc2)cc1. The largest absolute Gasteiger partial charge is 0.481 e. The van der Waals surface area contributed by atoms with Crippen molar-refractivity contribution in [3.63, 3.8) is 0 Å². The first kappa shape index (κ1) is 17.3. The van der Waals surface area contributed by atoms with Gasteiger partial charge in [0.1, 0.15) is 5.75 Å². The Labute approximate surface area is 138 Å². The lowest BCUT2D eigenvalue weighted by Crippen LogP contribution is -2.30. The van der Waals surface area contributed by atoms with Gasteiger partial charge in [-0.15, -0.1) is 0 Å². The third kappa shape index (κ3) is 5.56. The first-order chi connectivity index (χ1) is 10.9. The average Bonchev–Trinajstić information content (AvgIpc) is 2.51. The topological polar surface area (TPSA) is 38.3 Å². The lowest BCUT2D eigenvalue weighted by atomic mass is 10.2. The summed E-state index contributed by atoms with van der Waals surface area (Å²) in [4.78, 5) is 12.5. The van der Waals surface area contributed by atoms with Crippen molar-refractivity contribution in [1.82, 2.24) is 0 Å². The molecule has 6 heteroatoms. The molecule has 0 aliphatic carbocycles. The zero-order chi connectivity index (χ0) is 16.8. The van der Waals surface area contributed by atoms with Crippen LogP contribution < -0.4 is 10.1 Å². The highest BCUT2D eigenvalue weighted by atomic mass is 32.2. The van der Waals surface area contributed by atoms with Crippen LogP contribution in [0.15, 0.2) is 53.4 Å². The van der Waals surface area contributed by atoms with Crippen LogP contribution >= 0.6 is 11.8 Å². The maximum absolute atomic E-state index is 12.2. The molecular formula is C17H17F2NO2S. The Kier molecular flexibility index (Phi) is 5.98. The van der Waals surface area contributed by atoms with E-state index in [4.69, 9.17) is 4.74 Å². The molecule has 0 saturated heterocycles. The van der Waals surface area contributed by atoms with Crippen molar-refractivity contribution in [2.75, 3.05) is 5.32 Å². The molecule has 0 aliphatic rings. The van der Waals surface area contributed by atoms with Gasteiger partial charge in [0.25, 0.3) is 11.7 Å². The molecule has 3 nitrogen and oxygen atoms in total. The molecule has 1 atom stereocenters. The number of ether oxygens (including phenoxy) is 1. The zero-order valence-corrected chi connectivity index (χ0v) is 13.6. The third-order valence-corrected chi connectivity index (χ3v) is 3.77. The summed E-state index contributed by atoms with van der Waals surface area (Å²) in [6.07, 6.45) is -0.673. The fourth-order valence-electron chi connectivity index (χ4n) is 1.84. The van der Waals surface area contributed by atoms with Crippen molar-refractivity contribution in [3.8, 4) is 5.75 Å². The van der Waals surface area contributed by atoms with Gasteiger partial charge in [0.05, 0.1) is 0 Å². The standard InChI is InChI=1S/C17H17F2NO2S/c1-11-3-7-14(8-4-11)22-12(2)16(21)20-13-5-9-15(10-6-13)23-17(18)19/h3-10,12,17H,1-2H3,(H,20,21). The van der Waals surface area contributed by atoms with Crippen LogP contribution in [-0.2, 0) is 4.79 Å². The van der Waals surface area contributed by atoms with Crippen molar-refractivity contribution in [3.05, 3.63) is 54.1 Å². The molecule has 0 aromatic heterocycles. The normalized spacial score (nSPS) is 12.0. The van der Waals surface area contributed by atoms with Crippen LogP contribution in [-0.4, -0.2) is 17.8 Å². The average molecular weight is 337 g/mol. The Morgan fingerprint density at radius 2 is 1.70 bits per heavy atom. The first-order valence-corrected chi connectivity index (χ1v) is 7.91. The number of thioether (sulfide) groups is 1. The van der Waals surface area contributed by atoms with Crippen LogP contribution in [0.5, 0.6) is 5.75 Å². The Morgan fingerprint density at radius 3 is 2.26 bits per heavy atom. The second-order valence-electron chi connectivity index (χ2n) is 4.97. The van der Waals surface area contributed by atoms with E-state index < -0.39 is 11.9 Å². The van der Waals surface area contributed by atoms with Crippen molar-refractivity contribution in [1.29, 1.82) is 0 Å². The maximum atomic E-state index is 12.2. The highest BCUT2D eigenvalue weighted by molar-refractivity contribution is 7.99. The van der Waals surface area contributed by atoms with Gasteiger partial charge in [-0.1, -0.05) is 29.5 Å². The minimum absolute atomic E-state index is 0.306. The van der Waals surface area contributed by atoms with E-state index in [-0.39, 0.29) is 5.91 Å². The fourth-order valence-corrected chi connectivity index (χ4v) is 2.34. The molecule has 1 unspecified atom stereocenters. The summed E-state index contributed by atoms with van der Waals surface area (Å²) in [6.45, 7) is 3.62. The zero-order valence-electron chi connectivity index (χ0n) is 12.8. The smallest absolute Gasteiger partial charge is 0.288 e. The summed E-state index contributed by atoms with van der Waals surface area (Å²) in [5.74, 6) is -2.15. The number of alkyl halides is 2. The molecular weight excluding hydrogens is 320 g/mol. The van der Waals surface area contributed by atoms with Crippen molar-refractivity contribution < 1.29 is 18.3 Å². The van der Waals surface area contributed by atoms with E-state index in [1.807, 2.05) is 19.1 Å². The van der Waals surface area contributed by atoms with Crippen LogP contribution in [0.1, 0.15) is 12.5 Å². The predicted molar refractivity (Wildman–Crippen MR) is 88.2 cm³/mol. The van der Waals surface area contributed by atoms with E-state index in [1.54, 1.807) is 31.2 Å². The van der Waals surface area contributed by atoms with Gasteiger partial charge in [-0.25, -0.2) is 0 Å². The molecule has 0 radical (unpaired) electrons. The number of benzene rings is 2. The second-order valence-corrected chi connectivity index (χ2v) is 6.03. The van der Waals surface area contributed by atoms with Gasteiger partial charge in [-0.05, 0) is 50.2 Å². The summed E-state index contributed by atoms with van der Waals surface area (Å²) in [5.41, 5.74) is 1.64. The molecule has 2 rings (SSSR count). The minimum Gasteiger partial charge on any atom is -0.481 e. The van der Waals surface area contributed by atoms with Gasteiger partial charge in [0.2, 0.25) is 0 Å². The Balaban J connectivity index is 1.91. The number of carbonyl (C=O) groups excluding carboxylic acids is 1. The van der Waals surface area contributed by atoms with E-state index in [1.165, 1.54) is 12.1 Å². The Morgan fingerprint density at radius 1 is 1.09 bits per heavy atom. The summed E-state index contributed by atoms with van der Waals surface area (Å²) >= 11 is 0.464. The Hall–Kier alpha value is -2.08. The monoisotopic (exact) mass is 337 g/mol. The molecule has 0 aliphatic heterocycles.